The van der Waals surface area contributed by atoms with E-state index in [1.807, 2.05) is 0 Å². The first-order chi connectivity index (χ1) is 8.15. The quantitative estimate of drug-likeness (QED) is 0.853. The summed E-state index contributed by atoms with van der Waals surface area (Å²) in [5, 5.41) is 2.83. The summed E-state index contributed by atoms with van der Waals surface area (Å²) in [5.41, 5.74) is 0.277. The second-order valence-corrected chi connectivity index (χ2v) is 3.40. The van der Waals surface area contributed by atoms with E-state index in [-0.39, 0.29) is 12.1 Å². The van der Waals surface area contributed by atoms with Gasteiger partial charge in [-0.15, -0.1) is 0 Å². The molecule has 0 unspecified atom stereocenters. The lowest BCUT2D eigenvalue weighted by Gasteiger charge is -2.05. The lowest BCUT2D eigenvalue weighted by molar-refractivity contribution is 0.507. The summed E-state index contributed by atoms with van der Waals surface area (Å²) in [6.45, 7) is 0.258. The van der Waals surface area contributed by atoms with Gasteiger partial charge in [0.15, 0.2) is 11.6 Å². The highest BCUT2D eigenvalue weighted by Gasteiger charge is 2.02. The van der Waals surface area contributed by atoms with Crippen LogP contribution in [0, 0.1) is 11.6 Å². The highest BCUT2D eigenvalue weighted by Crippen LogP contribution is 2.09. The fourth-order valence-corrected chi connectivity index (χ4v) is 1.31. The first kappa shape index (κ1) is 11.3. The minimum absolute atomic E-state index is 0.258. The van der Waals surface area contributed by atoms with Gasteiger partial charge < -0.3 is 10.3 Å². The molecule has 0 amide bonds. The smallest absolute Gasteiger partial charge is 0.252 e. The Morgan fingerprint density at radius 2 is 2.06 bits per heavy atom. The van der Waals surface area contributed by atoms with Crippen molar-refractivity contribution in [1.29, 1.82) is 0 Å². The summed E-state index contributed by atoms with van der Waals surface area (Å²) in [5.74, 6) is -1.41. The van der Waals surface area contributed by atoms with E-state index in [1.165, 1.54) is 18.5 Å². The maximum absolute atomic E-state index is 12.9. The minimum atomic E-state index is -0.900. The van der Waals surface area contributed by atoms with E-state index < -0.39 is 11.6 Å². The predicted molar refractivity (Wildman–Crippen MR) is 58.5 cm³/mol. The number of halogens is 2. The van der Waals surface area contributed by atoms with Gasteiger partial charge in [0.1, 0.15) is 5.82 Å². The van der Waals surface area contributed by atoms with Crippen LogP contribution in [-0.2, 0) is 6.54 Å². The van der Waals surface area contributed by atoms with Crippen molar-refractivity contribution in [2.45, 2.75) is 6.54 Å². The minimum Gasteiger partial charge on any atom is -0.366 e. The standard InChI is InChI=1S/C11H9F2N3O/c12-8-2-1-7(3-9(8)13)5-14-10-4-11(17)16-6-15-10/h1-4,6H,5H2,(H2,14,15,16,17). The van der Waals surface area contributed by atoms with Crippen LogP contribution in [0.2, 0.25) is 0 Å². The van der Waals surface area contributed by atoms with Gasteiger partial charge in [0, 0.05) is 12.6 Å². The summed E-state index contributed by atoms with van der Waals surface area (Å²) in [7, 11) is 0. The predicted octanol–water partition coefficient (Wildman–Crippen LogP) is 1.66. The van der Waals surface area contributed by atoms with Crippen LogP contribution < -0.4 is 10.9 Å². The molecule has 1 aromatic heterocycles. The molecule has 0 bridgehead atoms. The summed E-state index contributed by atoms with van der Waals surface area (Å²) in [4.78, 5) is 17.2. The molecule has 0 spiro atoms. The van der Waals surface area contributed by atoms with E-state index in [0.29, 0.717) is 11.4 Å². The molecule has 0 aliphatic rings. The van der Waals surface area contributed by atoms with Crippen LogP contribution >= 0.6 is 0 Å². The first-order valence-corrected chi connectivity index (χ1v) is 4.88. The van der Waals surface area contributed by atoms with Crippen LogP contribution in [0.5, 0.6) is 0 Å². The molecular weight excluding hydrogens is 228 g/mol. The Bertz CT molecular complexity index is 583. The number of nitrogens with one attached hydrogen (secondary N) is 2. The van der Waals surface area contributed by atoms with Crippen molar-refractivity contribution in [2.24, 2.45) is 0 Å². The highest BCUT2D eigenvalue weighted by atomic mass is 19.2. The third-order valence-electron chi connectivity index (χ3n) is 2.14. The SMILES string of the molecule is O=c1cc(NCc2ccc(F)c(F)c2)nc[nH]1. The van der Waals surface area contributed by atoms with Gasteiger partial charge in [-0.3, -0.25) is 4.79 Å². The molecule has 0 atom stereocenters. The lowest BCUT2D eigenvalue weighted by atomic mass is 10.2. The van der Waals surface area contributed by atoms with E-state index in [0.717, 1.165) is 12.1 Å². The molecule has 0 radical (unpaired) electrons. The Labute approximate surface area is 95.3 Å². The number of aromatic amines is 1. The molecule has 0 aliphatic heterocycles. The molecule has 2 aromatic rings. The average molecular weight is 237 g/mol. The van der Waals surface area contributed by atoms with Crippen LogP contribution in [0.15, 0.2) is 35.4 Å². The number of hydrogen-bond donors (Lipinski definition) is 2. The third-order valence-corrected chi connectivity index (χ3v) is 2.14. The second-order valence-electron chi connectivity index (χ2n) is 3.40. The molecule has 1 aromatic carbocycles. The van der Waals surface area contributed by atoms with Crippen LogP contribution in [0.25, 0.3) is 0 Å². The monoisotopic (exact) mass is 237 g/mol. The number of benzene rings is 1. The van der Waals surface area contributed by atoms with Crippen LogP contribution in [0.4, 0.5) is 14.6 Å². The summed E-state index contributed by atoms with van der Waals surface area (Å²) >= 11 is 0. The van der Waals surface area contributed by atoms with Crippen LogP contribution in [0.1, 0.15) is 5.56 Å². The van der Waals surface area contributed by atoms with Gasteiger partial charge in [0.2, 0.25) is 0 Å². The molecule has 0 saturated heterocycles. The van der Waals surface area contributed by atoms with Crippen molar-refractivity contribution >= 4 is 5.82 Å². The molecule has 17 heavy (non-hydrogen) atoms. The van der Waals surface area contributed by atoms with E-state index in [9.17, 15) is 13.6 Å². The van der Waals surface area contributed by atoms with Crippen molar-refractivity contribution in [2.75, 3.05) is 5.32 Å². The number of H-pyrrole nitrogens is 1. The largest absolute Gasteiger partial charge is 0.366 e. The normalized spacial score (nSPS) is 10.2. The molecule has 4 nitrogen and oxygen atoms in total. The third kappa shape index (κ3) is 2.87. The summed E-state index contributed by atoms with van der Waals surface area (Å²) in [6, 6.07) is 4.88. The molecule has 2 rings (SSSR count). The lowest BCUT2D eigenvalue weighted by Crippen LogP contribution is -2.09. The molecule has 88 valence electrons. The molecule has 2 N–H and O–H groups in total. The van der Waals surface area contributed by atoms with Gasteiger partial charge >= 0.3 is 0 Å². The highest BCUT2D eigenvalue weighted by molar-refractivity contribution is 5.33. The van der Waals surface area contributed by atoms with Gasteiger partial charge in [-0.05, 0) is 17.7 Å². The van der Waals surface area contributed by atoms with Crippen molar-refractivity contribution in [3.8, 4) is 0 Å². The van der Waals surface area contributed by atoms with E-state index in [2.05, 4.69) is 15.3 Å². The van der Waals surface area contributed by atoms with Gasteiger partial charge in [-0.1, -0.05) is 6.07 Å². The number of aromatic nitrogens is 2. The topological polar surface area (TPSA) is 57.8 Å². The Balaban J connectivity index is 2.07. The van der Waals surface area contributed by atoms with E-state index in [4.69, 9.17) is 0 Å². The van der Waals surface area contributed by atoms with Crippen molar-refractivity contribution in [1.82, 2.24) is 9.97 Å². The zero-order valence-electron chi connectivity index (χ0n) is 8.71. The molecule has 6 heteroatoms. The Morgan fingerprint density at radius 1 is 1.24 bits per heavy atom. The van der Waals surface area contributed by atoms with Crippen molar-refractivity contribution in [3.63, 3.8) is 0 Å². The van der Waals surface area contributed by atoms with Gasteiger partial charge in [0.25, 0.3) is 5.56 Å². The molecule has 0 fully saturated rings. The van der Waals surface area contributed by atoms with Crippen molar-refractivity contribution < 1.29 is 8.78 Å². The van der Waals surface area contributed by atoms with Crippen LogP contribution in [0.3, 0.4) is 0 Å². The maximum atomic E-state index is 12.9. The first-order valence-electron chi connectivity index (χ1n) is 4.88. The number of nitrogens with zero attached hydrogens (tertiary/aromatic N) is 1. The van der Waals surface area contributed by atoms with Gasteiger partial charge in [0.05, 0.1) is 6.33 Å². The van der Waals surface area contributed by atoms with E-state index in [1.54, 1.807) is 0 Å². The fourth-order valence-electron chi connectivity index (χ4n) is 1.31. The van der Waals surface area contributed by atoms with Gasteiger partial charge in [-0.2, -0.15) is 0 Å². The maximum Gasteiger partial charge on any atom is 0.252 e. The zero-order chi connectivity index (χ0) is 12.3. The fraction of sp³-hybridized carbons (Fsp3) is 0.0909. The Hall–Kier alpha value is -2.24. The summed E-state index contributed by atoms with van der Waals surface area (Å²) in [6.07, 6.45) is 1.26. The van der Waals surface area contributed by atoms with E-state index >= 15 is 0 Å². The zero-order valence-corrected chi connectivity index (χ0v) is 8.71. The van der Waals surface area contributed by atoms with Crippen LogP contribution in [-0.4, -0.2) is 9.97 Å². The Kier molecular flexibility index (Phi) is 3.13. The molecular formula is C11H9F2N3O. The summed E-state index contributed by atoms with van der Waals surface area (Å²) < 4.78 is 25.6. The average Bonchev–Trinajstić information content (AvgIpc) is 2.31. The molecule has 0 aliphatic carbocycles. The van der Waals surface area contributed by atoms with Crippen molar-refractivity contribution in [3.05, 3.63) is 58.1 Å². The Morgan fingerprint density at radius 3 is 2.76 bits per heavy atom. The number of rotatable bonds is 3. The van der Waals surface area contributed by atoms with Gasteiger partial charge in [-0.25, -0.2) is 13.8 Å². The number of hydrogen-bond acceptors (Lipinski definition) is 3. The second kappa shape index (κ2) is 4.73. The molecule has 0 saturated carbocycles. The number of anilines is 1. The molecule has 1 heterocycles.